The average molecular weight is 361 g/mol. The second kappa shape index (κ2) is 10.3. The Morgan fingerprint density at radius 2 is 1.73 bits per heavy atom. The summed E-state index contributed by atoms with van der Waals surface area (Å²) in [6, 6.07) is 14.5. The van der Waals surface area contributed by atoms with E-state index < -0.39 is 6.10 Å². The van der Waals surface area contributed by atoms with Crippen LogP contribution in [0.2, 0.25) is 0 Å². The highest BCUT2D eigenvalue weighted by Crippen LogP contribution is 2.16. The van der Waals surface area contributed by atoms with Crippen molar-refractivity contribution in [1.82, 2.24) is 4.90 Å². The van der Waals surface area contributed by atoms with Crippen LogP contribution in [0, 0.1) is 5.82 Å². The summed E-state index contributed by atoms with van der Waals surface area (Å²) < 4.78 is 24.7. The zero-order chi connectivity index (χ0) is 18.9. The number of ether oxygens (including phenoxy) is 2. The lowest BCUT2D eigenvalue weighted by atomic mass is 10.1. The molecule has 0 heterocycles. The maximum atomic E-state index is 14.0. The Bertz CT molecular complexity index is 661. The molecule has 0 saturated heterocycles. The maximum absolute atomic E-state index is 14.0. The number of rotatable bonds is 10. The number of hydrogen-bond donors (Lipinski definition) is 1. The first-order valence-corrected chi connectivity index (χ1v) is 8.86. The highest BCUT2D eigenvalue weighted by molar-refractivity contribution is 5.27. The minimum atomic E-state index is -0.637. The highest BCUT2D eigenvalue weighted by atomic mass is 19.1. The van der Waals surface area contributed by atoms with Crippen LogP contribution in [0.25, 0.3) is 0 Å². The average Bonchev–Trinajstić information content (AvgIpc) is 2.62. The second-order valence-electron chi connectivity index (χ2n) is 6.65. The molecule has 0 aliphatic heterocycles. The van der Waals surface area contributed by atoms with Crippen molar-refractivity contribution in [3.05, 3.63) is 65.5 Å². The van der Waals surface area contributed by atoms with Crippen LogP contribution in [0.5, 0.6) is 5.75 Å². The van der Waals surface area contributed by atoms with E-state index in [0.29, 0.717) is 25.2 Å². The molecule has 0 aliphatic carbocycles. The largest absolute Gasteiger partial charge is 0.497 e. The Morgan fingerprint density at radius 3 is 2.35 bits per heavy atom. The molecule has 0 radical (unpaired) electrons. The van der Waals surface area contributed by atoms with Gasteiger partial charge >= 0.3 is 0 Å². The third-order valence-electron chi connectivity index (χ3n) is 4.01. The van der Waals surface area contributed by atoms with Crippen molar-refractivity contribution >= 4 is 0 Å². The third kappa shape index (κ3) is 6.75. The topological polar surface area (TPSA) is 41.9 Å². The Labute approximate surface area is 155 Å². The van der Waals surface area contributed by atoms with Crippen molar-refractivity contribution in [1.29, 1.82) is 0 Å². The minimum absolute atomic E-state index is 0.0613. The molecule has 0 aliphatic rings. The Kier molecular flexibility index (Phi) is 8.04. The van der Waals surface area contributed by atoms with Gasteiger partial charge in [0, 0.05) is 25.2 Å². The smallest absolute Gasteiger partial charge is 0.127 e. The number of aliphatic hydroxyl groups excluding tert-OH is 1. The molecule has 0 spiro atoms. The monoisotopic (exact) mass is 361 g/mol. The van der Waals surface area contributed by atoms with Gasteiger partial charge in [-0.05, 0) is 37.6 Å². The van der Waals surface area contributed by atoms with E-state index in [4.69, 9.17) is 9.47 Å². The number of methoxy groups -OCH3 is 1. The summed E-state index contributed by atoms with van der Waals surface area (Å²) in [4.78, 5) is 2.02. The molecule has 2 rings (SSSR count). The quantitative estimate of drug-likeness (QED) is 0.702. The van der Waals surface area contributed by atoms with Crippen LogP contribution in [-0.4, -0.2) is 42.5 Å². The van der Waals surface area contributed by atoms with Crippen molar-refractivity contribution in [3.8, 4) is 5.75 Å². The maximum Gasteiger partial charge on any atom is 0.127 e. The third-order valence-corrected chi connectivity index (χ3v) is 4.01. The molecule has 26 heavy (non-hydrogen) atoms. The summed E-state index contributed by atoms with van der Waals surface area (Å²) in [6.07, 6.45) is -0.575. The van der Waals surface area contributed by atoms with Crippen LogP contribution in [0.3, 0.4) is 0 Å². The van der Waals surface area contributed by atoms with E-state index in [9.17, 15) is 9.50 Å². The van der Waals surface area contributed by atoms with Crippen molar-refractivity contribution in [2.75, 3.05) is 20.3 Å². The van der Waals surface area contributed by atoms with Gasteiger partial charge in [0.05, 0.1) is 25.9 Å². The zero-order valence-corrected chi connectivity index (χ0v) is 15.7. The lowest BCUT2D eigenvalue weighted by Gasteiger charge is -2.26. The van der Waals surface area contributed by atoms with Gasteiger partial charge in [0.15, 0.2) is 0 Å². The molecule has 1 atom stereocenters. The number of nitrogens with zero attached hydrogens (tertiary/aromatic N) is 1. The van der Waals surface area contributed by atoms with Crippen molar-refractivity contribution in [2.45, 2.75) is 39.1 Å². The molecule has 2 aromatic rings. The molecule has 1 N–H and O–H groups in total. The summed E-state index contributed by atoms with van der Waals surface area (Å²) in [5.41, 5.74) is 1.68. The van der Waals surface area contributed by atoms with E-state index in [1.54, 1.807) is 19.2 Å². The van der Waals surface area contributed by atoms with Gasteiger partial charge in [-0.1, -0.05) is 30.3 Å². The van der Waals surface area contributed by atoms with Crippen molar-refractivity contribution < 1.29 is 19.0 Å². The number of benzene rings is 2. The fourth-order valence-corrected chi connectivity index (χ4v) is 2.70. The van der Waals surface area contributed by atoms with Gasteiger partial charge in [-0.15, -0.1) is 0 Å². The molecular formula is C21H28FNO3. The minimum Gasteiger partial charge on any atom is -0.497 e. The molecule has 0 saturated carbocycles. The van der Waals surface area contributed by atoms with Crippen LogP contribution in [0.4, 0.5) is 4.39 Å². The zero-order valence-electron chi connectivity index (χ0n) is 15.7. The van der Waals surface area contributed by atoms with Crippen LogP contribution in [0.1, 0.15) is 25.0 Å². The predicted octanol–water partition coefficient (Wildman–Crippen LogP) is 3.62. The Hall–Kier alpha value is -1.95. The molecule has 142 valence electrons. The SMILES string of the molecule is COc1ccc(CN(Cc2ccccc2F)C[C@@H](O)COC(C)C)cc1. The van der Waals surface area contributed by atoms with Crippen LogP contribution in [0.15, 0.2) is 48.5 Å². The Balaban J connectivity index is 2.07. The van der Waals surface area contributed by atoms with Crippen LogP contribution >= 0.6 is 0 Å². The van der Waals surface area contributed by atoms with Crippen molar-refractivity contribution in [2.24, 2.45) is 0 Å². The molecular weight excluding hydrogens is 333 g/mol. The van der Waals surface area contributed by atoms with Crippen LogP contribution in [-0.2, 0) is 17.8 Å². The van der Waals surface area contributed by atoms with Gasteiger partial charge in [-0.3, -0.25) is 4.90 Å². The Morgan fingerprint density at radius 1 is 1.04 bits per heavy atom. The van der Waals surface area contributed by atoms with E-state index in [1.165, 1.54) is 6.07 Å². The molecule has 5 heteroatoms. The lowest BCUT2D eigenvalue weighted by molar-refractivity contribution is -0.0107. The number of aliphatic hydroxyl groups is 1. The van der Waals surface area contributed by atoms with E-state index in [0.717, 1.165) is 11.3 Å². The van der Waals surface area contributed by atoms with E-state index >= 15 is 0 Å². The van der Waals surface area contributed by atoms with Crippen molar-refractivity contribution in [3.63, 3.8) is 0 Å². The molecule has 4 nitrogen and oxygen atoms in total. The molecule has 0 fully saturated rings. The standard InChI is InChI=1S/C21H28FNO3/c1-16(2)26-15-19(24)14-23(13-18-6-4-5-7-21(18)22)12-17-8-10-20(25-3)11-9-17/h4-11,16,19,24H,12-15H2,1-3H3/t19-/m1/s1. The van der Waals surface area contributed by atoms with Gasteiger partial charge < -0.3 is 14.6 Å². The number of hydrogen-bond acceptors (Lipinski definition) is 4. The van der Waals surface area contributed by atoms with Gasteiger partial charge in [-0.2, -0.15) is 0 Å². The second-order valence-corrected chi connectivity index (χ2v) is 6.65. The predicted molar refractivity (Wildman–Crippen MR) is 101 cm³/mol. The lowest BCUT2D eigenvalue weighted by Crippen LogP contribution is -2.35. The molecule has 2 aromatic carbocycles. The first kappa shape index (κ1) is 20.4. The molecule has 0 bridgehead atoms. The van der Waals surface area contributed by atoms with Gasteiger partial charge in [0.1, 0.15) is 11.6 Å². The number of halogens is 1. The fourth-order valence-electron chi connectivity index (χ4n) is 2.70. The molecule has 0 amide bonds. The van der Waals surface area contributed by atoms with E-state index in [1.807, 2.05) is 49.1 Å². The fraction of sp³-hybridized carbons (Fsp3) is 0.429. The molecule has 0 aromatic heterocycles. The first-order chi connectivity index (χ1) is 12.5. The van der Waals surface area contributed by atoms with Crippen LogP contribution < -0.4 is 4.74 Å². The summed E-state index contributed by atoms with van der Waals surface area (Å²) in [5.74, 6) is 0.555. The van der Waals surface area contributed by atoms with Gasteiger partial charge in [0.25, 0.3) is 0 Å². The van der Waals surface area contributed by atoms with Gasteiger partial charge in [-0.25, -0.2) is 4.39 Å². The summed E-state index contributed by atoms with van der Waals surface area (Å²) in [6.45, 7) is 5.53. The summed E-state index contributed by atoms with van der Waals surface area (Å²) >= 11 is 0. The normalized spacial score (nSPS) is 12.6. The van der Waals surface area contributed by atoms with Gasteiger partial charge in [0.2, 0.25) is 0 Å². The van der Waals surface area contributed by atoms with E-state index in [2.05, 4.69) is 0 Å². The highest BCUT2D eigenvalue weighted by Gasteiger charge is 2.15. The van der Waals surface area contributed by atoms with E-state index in [-0.39, 0.29) is 18.5 Å². The summed E-state index contributed by atoms with van der Waals surface area (Å²) in [7, 11) is 1.63. The first-order valence-electron chi connectivity index (χ1n) is 8.86. The molecule has 0 unspecified atom stereocenters. The summed E-state index contributed by atoms with van der Waals surface area (Å²) in [5, 5.41) is 10.3.